The van der Waals surface area contributed by atoms with Crippen molar-refractivity contribution in [3.05, 3.63) is 114 Å². The first-order chi connectivity index (χ1) is 15.3. The van der Waals surface area contributed by atoms with Crippen LogP contribution in [-0.2, 0) is 0 Å². The number of aromatic nitrogens is 1. The van der Waals surface area contributed by atoms with Crippen molar-refractivity contribution in [3.63, 3.8) is 0 Å². The molecule has 5 aromatic carbocycles. The van der Waals surface area contributed by atoms with E-state index in [-0.39, 0.29) is 0 Å². The van der Waals surface area contributed by atoms with Gasteiger partial charge in [-0.3, -0.25) is 0 Å². The minimum atomic E-state index is 1.01. The number of rotatable bonds is 2. The zero-order valence-corrected chi connectivity index (χ0v) is 18.3. The van der Waals surface area contributed by atoms with Crippen molar-refractivity contribution in [2.75, 3.05) is 0 Å². The lowest BCUT2D eigenvalue weighted by Gasteiger charge is -2.15. The first-order valence-electron chi connectivity index (χ1n) is 10.4. The second kappa shape index (κ2) is 7.33. The van der Waals surface area contributed by atoms with Gasteiger partial charge in [0, 0.05) is 26.2 Å². The molecule has 1 heterocycles. The number of nitrogens with zero attached hydrogens (tertiary/aromatic N) is 1. The first-order valence-corrected chi connectivity index (χ1v) is 11.1. The number of hydrogen-bond donors (Lipinski definition) is 0. The second-order valence-corrected chi connectivity index (χ2v) is 8.65. The Morgan fingerprint density at radius 2 is 1.16 bits per heavy atom. The average molecular weight is 460 g/mol. The summed E-state index contributed by atoms with van der Waals surface area (Å²) in [7, 11) is 0. The van der Waals surface area contributed by atoms with E-state index in [0.29, 0.717) is 0 Å². The van der Waals surface area contributed by atoms with Gasteiger partial charge in [0.2, 0.25) is 0 Å². The molecule has 0 saturated heterocycles. The van der Waals surface area contributed by atoms with Crippen LogP contribution in [0.15, 0.2) is 114 Å². The molecule has 146 valence electrons. The van der Waals surface area contributed by atoms with Crippen molar-refractivity contribution in [1.29, 1.82) is 0 Å². The average Bonchev–Trinajstić information content (AvgIpc) is 2.83. The molecule has 0 bridgehead atoms. The van der Waals surface area contributed by atoms with E-state index in [0.717, 1.165) is 21.2 Å². The standard InChI is InChI=1S/C29H18BrN/c30-21-17-15-20(16-18-21)29-26-13-6-12-24(28(26)25-10-3-4-14-27(25)31-29)23-11-5-8-19-7-1-2-9-22(19)23/h1-18H. The zero-order chi connectivity index (χ0) is 20.8. The molecular weight excluding hydrogens is 442 g/mol. The first kappa shape index (κ1) is 18.3. The molecule has 0 radical (unpaired) electrons. The highest BCUT2D eigenvalue weighted by atomic mass is 79.9. The molecule has 6 aromatic rings. The van der Waals surface area contributed by atoms with Gasteiger partial charge in [-0.05, 0) is 40.1 Å². The Hall–Kier alpha value is -3.49. The Bertz CT molecular complexity index is 1580. The topological polar surface area (TPSA) is 12.9 Å². The summed E-state index contributed by atoms with van der Waals surface area (Å²) in [5.41, 5.74) is 5.64. The summed E-state index contributed by atoms with van der Waals surface area (Å²) in [6.07, 6.45) is 0. The predicted octanol–water partition coefficient (Wildman–Crippen LogP) is 8.64. The lowest BCUT2D eigenvalue weighted by molar-refractivity contribution is 1.42. The third-order valence-electron chi connectivity index (χ3n) is 5.92. The molecule has 0 spiro atoms. The zero-order valence-electron chi connectivity index (χ0n) is 16.7. The van der Waals surface area contributed by atoms with E-state index >= 15 is 0 Å². The van der Waals surface area contributed by atoms with Crippen LogP contribution in [0.5, 0.6) is 0 Å². The van der Waals surface area contributed by atoms with Gasteiger partial charge in [0.25, 0.3) is 0 Å². The Balaban J connectivity index is 1.78. The SMILES string of the molecule is Brc1ccc(-c2nc3ccccc3c3c(-c4cccc5ccccc45)cccc23)cc1. The van der Waals surface area contributed by atoms with Crippen LogP contribution in [-0.4, -0.2) is 4.98 Å². The molecule has 0 aliphatic heterocycles. The van der Waals surface area contributed by atoms with Crippen molar-refractivity contribution < 1.29 is 0 Å². The molecule has 2 heteroatoms. The minimum Gasteiger partial charge on any atom is -0.247 e. The maximum Gasteiger partial charge on any atom is 0.0788 e. The van der Waals surface area contributed by atoms with Gasteiger partial charge in [-0.15, -0.1) is 0 Å². The third kappa shape index (κ3) is 3.03. The summed E-state index contributed by atoms with van der Waals surface area (Å²) in [5, 5.41) is 6.13. The van der Waals surface area contributed by atoms with Crippen LogP contribution >= 0.6 is 15.9 Å². The number of fused-ring (bicyclic) bond motifs is 4. The van der Waals surface area contributed by atoms with Gasteiger partial charge in [-0.1, -0.05) is 107 Å². The molecule has 0 atom stereocenters. The van der Waals surface area contributed by atoms with Gasteiger partial charge >= 0.3 is 0 Å². The molecule has 0 aliphatic carbocycles. The van der Waals surface area contributed by atoms with Crippen LogP contribution in [0.25, 0.3) is 54.8 Å². The summed E-state index contributed by atoms with van der Waals surface area (Å²) in [6.45, 7) is 0. The Kier molecular flexibility index (Phi) is 4.33. The van der Waals surface area contributed by atoms with Crippen LogP contribution < -0.4 is 0 Å². The van der Waals surface area contributed by atoms with Gasteiger partial charge < -0.3 is 0 Å². The molecule has 1 aromatic heterocycles. The number of benzene rings is 5. The largest absolute Gasteiger partial charge is 0.247 e. The van der Waals surface area contributed by atoms with E-state index in [2.05, 4.69) is 125 Å². The fourth-order valence-electron chi connectivity index (χ4n) is 4.52. The van der Waals surface area contributed by atoms with E-state index in [1.807, 2.05) is 0 Å². The number of para-hydroxylation sites is 1. The highest BCUT2D eigenvalue weighted by Gasteiger charge is 2.15. The van der Waals surface area contributed by atoms with Crippen molar-refractivity contribution in [3.8, 4) is 22.4 Å². The van der Waals surface area contributed by atoms with Gasteiger partial charge in [0.1, 0.15) is 0 Å². The van der Waals surface area contributed by atoms with Crippen molar-refractivity contribution in [2.24, 2.45) is 0 Å². The number of hydrogen-bond acceptors (Lipinski definition) is 1. The van der Waals surface area contributed by atoms with Crippen molar-refractivity contribution >= 4 is 48.4 Å². The minimum absolute atomic E-state index is 1.01. The van der Waals surface area contributed by atoms with Crippen molar-refractivity contribution in [2.45, 2.75) is 0 Å². The predicted molar refractivity (Wildman–Crippen MR) is 135 cm³/mol. The molecule has 0 aliphatic rings. The second-order valence-electron chi connectivity index (χ2n) is 7.74. The lowest BCUT2D eigenvalue weighted by atomic mass is 9.91. The fourth-order valence-corrected chi connectivity index (χ4v) is 4.78. The fraction of sp³-hybridized carbons (Fsp3) is 0. The normalized spacial score (nSPS) is 11.4. The molecule has 0 saturated carbocycles. The van der Waals surface area contributed by atoms with Crippen LogP contribution in [0.4, 0.5) is 0 Å². The summed E-state index contributed by atoms with van der Waals surface area (Å²) >= 11 is 3.55. The van der Waals surface area contributed by atoms with E-state index in [1.165, 1.54) is 38.1 Å². The highest BCUT2D eigenvalue weighted by Crippen LogP contribution is 2.40. The Morgan fingerprint density at radius 3 is 2.03 bits per heavy atom. The van der Waals surface area contributed by atoms with E-state index in [9.17, 15) is 0 Å². The van der Waals surface area contributed by atoms with Crippen LogP contribution in [0.2, 0.25) is 0 Å². The van der Waals surface area contributed by atoms with Gasteiger partial charge in [0.05, 0.1) is 11.2 Å². The molecule has 0 amide bonds. The quantitative estimate of drug-likeness (QED) is 0.236. The van der Waals surface area contributed by atoms with Gasteiger partial charge in [-0.2, -0.15) is 0 Å². The molecule has 0 unspecified atom stereocenters. The van der Waals surface area contributed by atoms with E-state index in [4.69, 9.17) is 4.98 Å². The molecule has 6 rings (SSSR count). The monoisotopic (exact) mass is 459 g/mol. The summed E-state index contributed by atoms with van der Waals surface area (Å²) in [5.74, 6) is 0. The Labute approximate surface area is 189 Å². The lowest BCUT2D eigenvalue weighted by Crippen LogP contribution is -1.92. The number of pyridine rings is 1. The molecule has 0 fully saturated rings. The molecule has 31 heavy (non-hydrogen) atoms. The van der Waals surface area contributed by atoms with E-state index < -0.39 is 0 Å². The molecule has 1 nitrogen and oxygen atoms in total. The molecular formula is C29H18BrN. The summed E-state index contributed by atoms with van der Waals surface area (Å²) in [4.78, 5) is 5.09. The van der Waals surface area contributed by atoms with Crippen LogP contribution in [0.3, 0.4) is 0 Å². The van der Waals surface area contributed by atoms with Gasteiger partial charge in [0.15, 0.2) is 0 Å². The van der Waals surface area contributed by atoms with Crippen LogP contribution in [0.1, 0.15) is 0 Å². The highest BCUT2D eigenvalue weighted by molar-refractivity contribution is 9.10. The maximum atomic E-state index is 5.09. The Morgan fingerprint density at radius 1 is 0.516 bits per heavy atom. The van der Waals surface area contributed by atoms with Gasteiger partial charge in [-0.25, -0.2) is 4.98 Å². The number of halogens is 1. The summed E-state index contributed by atoms with van der Waals surface area (Å²) in [6, 6.07) is 38.6. The maximum absolute atomic E-state index is 5.09. The smallest absolute Gasteiger partial charge is 0.0788 e. The summed E-state index contributed by atoms with van der Waals surface area (Å²) < 4.78 is 1.07. The van der Waals surface area contributed by atoms with Crippen molar-refractivity contribution in [1.82, 2.24) is 4.98 Å². The molecule has 0 N–H and O–H groups in total. The van der Waals surface area contributed by atoms with E-state index in [1.54, 1.807) is 0 Å². The third-order valence-corrected chi connectivity index (χ3v) is 6.45. The van der Waals surface area contributed by atoms with Crippen LogP contribution in [0, 0.1) is 0 Å².